The zero-order valence-corrected chi connectivity index (χ0v) is 7.92. The average molecular weight is 190 g/mol. The van der Waals surface area contributed by atoms with E-state index in [1.165, 1.54) is 12.1 Å². The molecule has 0 aliphatic rings. The number of nitrogens with zero attached hydrogens (tertiary/aromatic N) is 1. The summed E-state index contributed by atoms with van der Waals surface area (Å²) in [6, 6.07) is 6.21. The summed E-state index contributed by atoms with van der Waals surface area (Å²) < 4.78 is 12.9. The summed E-state index contributed by atoms with van der Waals surface area (Å²) in [5.41, 5.74) is 7.26. The third-order valence-electron chi connectivity index (χ3n) is 1.85. The van der Waals surface area contributed by atoms with Crippen LogP contribution in [-0.4, -0.2) is 6.54 Å². The quantitative estimate of drug-likeness (QED) is 0.776. The Hall–Kier alpha value is -1.66. The number of nitrogens with two attached hydrogens (primary N) is 1. The van der Waals surface area contributed by atoms with Crippen molar-refractivity contribution in [2.75, 3.05) is 6.54 Å². The van der Waals surface area contributed by atoms with Gasteiger partial charge in [0.25, 0.3) is 0 Å². The molecule has 0 aliphatic heterocycles. The van der Waals surface area contributed by atoms with Gasteiger partial charge in [0.05, 0.1) is 5.56 Å². The Morgan fingerprint density at radius 3 is 2.93 bits per heavy atom. The third kappa shape index (κ3) is 2.41. The summed E-state index contributed by atoms with van der Waals surface area (Å²) in [4.78, 5) is 0. The summed E-state index contributed by atoms with van der Waals surface area (Å²) in [5.74, 6) is -0.491. The van der Waals surface area contributed by atoms with Gasteiger partial charge in [-0.05, 0) is 24.6 Å². The Kier molecular flexibility index (Phi) is 3.38. The fourth-order valence-electron chi connectivity index (χ4n) is 1.06. The first-order valence-electron chi connectivity index (χ1n) is 4.24. The van der Waals surface area contributed by atoms with E-state index in [9.17, 15) is 4.39 Å². The lowest BCUT2D eigenvalue weighted by Crippen LogP contribution is -1.99. The van der Waals surface area contributed by atoms with E-state index in [2.05, 4.69) is 0 Å². The van der Waals surface area contributed by atoms with Crippen molar-refractivity contribution in [1.29, 1.82) is 5.26 Å². The lowest BCUT2D eigenvalue weighted by atomic mass is 10.1. The van der Waals surface area contributed by atoms with Crippen LogP contribution in [0, 0.1) is 17.1 Å². The molecule has 0 spiro atoms. The van der Waals surface area contributed by atoms with Crippen LogP contribution in [0.5, 0.6) is 0 Å². The maximum Gasteiger partial charge on any atom is 0.140 e. The Morgan fingerprint density at radius 2 is 2.36 bits per heavy atom. The maximum atomic E-state index is 12.9. The normalized spacial score (nSPS) is 11.1. The fraction of sp³-hybridized carbons (Fsp3) is 0.182. The highest BCUT2D eigenvalue weighted by Crippen LogP contribution is 2.12. The number of rotatable bonds is 2. The second-order valence-electron chi connectivity index (χ2n) is 3.05. The molecule has 0 atom stereocenters. The third-order valence-corrected chi connectivity index (χ3v) is 1.85. The van der Waals surface area contributed by atoms with E-state index in [4.69, 9.17) is 11.0 Å². The van der Waals surface area contributed by atoms with Crippen molar-refractivity contribution in [3.63, 3.8) is 0 Å². The molecule has 0 radical (unpaired) electrons. The average Bonchev–Trinajstić information content (AvgIpc) is 2.20. The SMILES string of the molecule is C/C(=C/c1ccc(F)c(C#N)c1)CN. The van der Waals surface area contributed by atoms with Crippen LogP contribution >= 0.6 is 0 Å². The van der Waals surface area contributed by atoms with E-state index < -0.39 is 5.82 Å². The van der Waals surface area contributed by atoms with Crippen LogP contribution < -0.4 is 5.73 Å². The number of benzene rings is 1. The number of hydrogen-bond acceptors (Lipinski definition) is 2. The van der Waals surface area contributed by atoms with Gasteiger partial charge in [-0.3, -0.25) is 0 Å². The molecule has 3 heteroatoms. The molecule has 2 nitrogen and oxygen atoms in total. The zero-order chi connectivity index (χ0) is 10.6. The molecule has 1 rings (SSSR count). The molecule has 1 aromatic carbocycles. The fourth-order valence-corrected chi connectivity index (χ4v) is 1.06. The van der Waals surface area contributed by atoms with Gasteiger partial charge < -0.3 is 5.73 Å². The van der Waals surface area contributed by atoms with Gasteiger partial charge in [0.2, 0.25) is 0 Å². The highest BCUT2D eigenvalue weighted by atomic mass is 19.1. The van der Waals surface area contributed by atoms with Gasteiger partial charge >= 0.3 is 0 Å². The van der Waals surface area contributed by atoms with Gasteiger partial charge in [-0.2, -0.15) is 5.26 Å². The summed E-state index contributed by atoms with van der Waals surface area (Å²) in [6.45, 7) is 2.34. The van der Waals surface area contributed by atoms with Crippen LogP contribution in [0.4, 0.5) is 4.39 Å². The molecule has 0 fully saturated rings. The number of hydrogen-bond donors (Lipinski definition) is 1. The van der Waals surface area contributed by atoms with Crippen molar-refractivity contribution in [2.45, 2.75) is 6.92 Å². The summed E-state index contributed by atoms with van der Waals surface area (Å²) in [7, 11) is 0. The first-order chi connectivity index (χ1) is 6.67. The molecular formula is C11H11FN2. The summed E-state index contributed by atoms with van der Waals surface area (Å²) >= 11 is 0. The molecule has 72 valence electrons. The van der Waals surface area contributed by atoms with Crippen LogP contribution in [0.25, 0.3) is 6.08 Å². The van der Waals surface area contributed by atoms with E-state index in [1.807, 2.05) is 13.0 Å². The Balaban J connectivity index is 3.09. The first-order valence-corrected chi connectivity index (χ1v) is 4.24. The zero-order valence-electron chi connectivity index (χ0n) is 7.92. The summed E-state index contributed by atoms with van der Waals surface area (Å²) in [5, 5.41) is 8.60. The van der Waals surface area contributed by atoms with Crippen molar-refractivity contribution in [3.05, 3.63) is 40.7 Å². The Bertz CT molecular complexity index is 402. The lowest BCUT2D eigenvalue weighted by Gasteiger charge is -1.98. The largest absolute Gasteiger partial charge is 0.327 e. The minimum Gasteiger partial charge on any atom is -0.327 e. The Morgan fingerprint density at radius 1 is 1.64 bits per heavy atom. The topological polar surface area (TPSA) is 49.8 Å². The van der Waals surface area contributed by atoms with Gasteiger partial charge in [0.1, 0.15) is 11.9 Å². The second kappa shape index (κ2) is 4.54. The van der Waals surface area contributed by atoms with E-state index in [0.717, 1.165) is 11.1 Å². The van der Waals surface area contributed by atoms with Crippen molar-refractivity contribution >= 4 is 6.08 Å². The highest BCUT2D eigenvalue weighted by Gasteiger charge is 2.00. The summed E-state index contributed by atoms with van der Waals surface area (Å²) in [6.07, 6.45) is 1.83. The number of halogens is 1. The van der Waals surface area contributed by atoms with Crippen LogP contribution in [0.3, 0.4) is 0 Å². The van der Waals surface area contributed by atoms with Crippen molar-refractivity contribution in [2.24, 2.45) is 5.73 Å². The van der Waals surface area contributed by atoms with Crippen LogP contribution in [-0.2, 0) is 0 Å². The second-order valence-corrected chi connectivity index (χ2v) is 3.05. The maximum absolute atomic E-state index is 12.9. The van der Waals surface area contributed by atoms with Gasteiger partial charge in [0, 0.05) is 6.54 Å². The molecule has 0 saturated carbocycles. The lowest BCUT2D eigenvalue weighted by molar-refractivity contribution is 0.624. The molecular weight excluding hydrogens is 179 g/mol. The van der Waals surface area contributed by atoms with E-state index in [0.29, 0.717) is 6.54 Å². The van der Waals surface area contributed by atoms with Crippen LogP contribution in [0.1, 0.15) is 18.1 Å². The van der Waals surface area contributed by atoms with E-state index in [-0.39, 0.29) is 5.56 Å². The highest BCUT2D eigenvalue weighted by molar-refractivity contribution is 5.55. The minimum absolute atomic E-state index is 0.0589. The predicted octanol–water partition coefficient (Wildman–Crippen LogP) is 2.06. The van der Waals surface area contributed by atoms with E-state index >= 15 is 0 Å². The van der Waals surface area contributed by atoms with Gasteiger partial charge in [-0.25, -0.2) is 4.39 Å². The minimum atomic E-state index is -0.491. The van der Waals surface area contributed by atoms with Crippen LogP contribution in [0.15, 0.2) is 23.8 Å². The molecule has 1 aromatic rings. The van der Waals surface area contributed by atoms with Gasteiger partial charge in [-0.15, -0.1) is 0 Å². The van der Waals surface area contributed by atoms with Gasteiger partial charge in [0.15, 0.2) is 0 Å². The molecule has 0 aliphatic carbocycles. The first kappa shape index (κ1) is 10.4. The predicted molar refractivity (Wildman–Crippen MR) is 53.8 cm³/mol. The van der Waals surface area contributed by atoms with Crippen molar-refractivity contribution < 1.29 is 4.39 Å². The van der Waals surface area contributed by atoms with Crippen molar-refractivity contribution in [1.82, 2.24) is 0 Å². The molecule has 0 unspecified atom stereocenters. The molecule has 2 N–H and O–H groups in total. The van der Waals surface area contributed by atoms with Crippen molar-refractivity contribution in [3.8, 4) is 6.07 Å². The standard InChI is InChI=1S/C11H11FN2/c1-8(6-13)4-9-2-3-11(12)10(5-9)7-14/h2-5H,6,13H2,1H3/b8-4-. The molecule has 14 heavy (non-hydrogen) atoms. The molecule has 0 bridgehead atoms. The monoisotopic (exact) mass is 190 g/mol. The number of nitriles is 1. The van der Waals surface area contributed by atoms with Crippen LogP contribution in [0.2, 0.25) is 0 Å². The smallest absolute Gasteiger partial charge is 0.140 e. The van der Waals surface area contributed by atoms with Gasteiger partial charge in [-0.1, -0.05) is 17.7 Å². The Labute approximate surface area is 82.5 Å². The molecule has 0 heterocycles. The molecule has 0 amide bonds. The molecule has 0 aromatic heterocycles. The van der Waals surface area contributed by atoms with E-state index in [1.54, 1.807) is 12.1 Å². The molecule has 0 saturated heterocycles.